The summed E-state index contributed by atoms with van der Waals surface area (Å²) in [6.45, 7) is 0. The van der Waals surface area contributed by atoms with E-state index in [2.05, 4.69) is 10.2 Å². The molecule has 2 aromatic heterocycles. The monoisotopic (exact) mass is 182 g/mol. The van der Waals surface area contributed by atoms with Gasteiger partial charge in [-0.05, 0) is 6.07 Å². The number of nitrogens with one attached hydrogen (secondary N) is 1. The Balaban J connectivity index is 2.46. The number of aromatic amines is 1. The number of alkyl halides is 1. The lowest BCUT2D eigenvalue weighted by molar-refractivity contribution is 0.568. The number of furan rings is 1. The van der Waals surface area contributed by atoms with Crippen molar-refractivity contribution in [2.75, 3.05) is 0 Å². The van der Waals surface area contributed by atoms with Crippen LogP contribution in [-0.4, -0.2) is 10.2 Å². The summed E-state index contributed by atoms with van der Waals surface area (Å²) >= 11 is 5.70. The maximum atomic E-state index is 5.70. The highest BCUT2D eigenvalue weighted by Gasteiger charge is 2.06. The predicted octanol–water partition coefficient (Wildman–Crippen LogP) is 2.41. The fraction of sp³-hybridized carbons (Fsp3) is 0.125. The summed E-state index contributed by atoms with van der Waals surface area (Å²) in [5.74, 6) is 0.455. The van der Waals surface area contributed by atoms with Crippen LogP contribution in [0.15, 0.2) is 29.2 Å². The maximum absolute atomic E-state index is 5.70. The number of rotatable bonds is 2. The van der Waals surface area contributed by atoms with Crippen molar-refractivity contribution in [3.8, 4) is 11.3 Å². The van der Waals surface area contributed by atoms with Gasteiger partial charge in [0.2, 0.25) is 0 Å². The van der Waals surface area contributed by atoms with E-state index in [9.17, 15) is 0 Å². The van der Waals surface area contributed by atoms with E-state index in [-0.39, 0.29) is 0 Å². The van der Waals surface area contributed by atoms with Crippen molar-refractivity contribution in [3.63, 3.8) is 0 Å². The molecule has 0 atom stereocenters. The van der Waals surface area contributed by atoms with Gasteiger partial charge in [0.05, 0.1) is 30.3 Å². The Bertz CT molecular complexity index is 353. The maximum Gasteiger partial charge on any atom is 0.0996 e. The quantitative estimate of drug-likeness (QED) is 0.725. The summed E-state index contributed by atoms with van der Waals surface area (Å²) < 4.78 is 4.95. The highest BCUT2D eigenvalue weighted by molar-refractivity contribution is 6.17. The molecule has 0 amide bonds. The molecule has 0 fully saturated rings. The van der Waals surface area contributed by atoms with Gasteiger partial charge in [-0.1, -0.05) is 0 Å². The number of aromatic nitrogens is 2. The van der Waals surface area contributed by atoms with Crippen LogP contribution in [0, 0.1) is 0 Å². The molecule has 0 aliphatic carbocycles. The second-order valence-corrected chi connectivity index (χ2v) is 2.68. The smallest absolute Gasteiger partial charge is 0.0996 e. The second-order valence-electron chi connectivity index (χ2n) is 2.42. The molecule has 0 aliphatic heterocycles. The third kappa shape index (κ3) is 1.12. The average molecular weight is 183 g/mol. The van der Waals surface area contributed by atoms with Crippen LogP contribution in [0.25, 0.3) is 11.3 Å². The van der Waals surface area contributed by atoms with Gasteiger partial charge in [-0.15, -0.1) is 11.6 Å². The minimum atomic E-state index is 0.455. The van der Waals surface area contributed by atoms with Crippen molar-refractivity contribution in [1.82, 2.24) is 10.2 Å². The van der Waals surface area contributed by atoms with Gasteiger partial charge in [0.15, 0.2) is 0 Å². The van der Waals surface area contributed by atoms with E-state index in [0.717, 1.165) is 16.8 Å². The van der Waals surface area contributed by atoms with Gasteiger partial charge in [-0.3, -0.25) is 5.10 Å². The summed E-state index contributed by atoms with van der Waals surface area (Å²) in [6, 6.07) is 1.86. The van der Waals surface area contributed by atoms with Crippen LogP contribution in [0.4, 0.5) is 0 Å². The Morgan fingerprint density at radius 2 is 2.50 bits per heavy atom. The lowest BCUT2D eigenvalue weighted by Gasteiger charge is -1.93. The Kier molecular flexibility index (Phi) is 1.87. The first kappa shape index (κ1) is 7.43. The fourth-order valence-corrected chi connectivity index (χ4v) is 1.27. The highest BCUT2D eigenvalue weighted by atomic mass is 35.5. The van der Waals surface area contributed by atoms with Gasteiger partial charge in [0.1, 0.15) is 0 Å². The molecule has 0 aliphatic rings. The van der Waals surface area contributed by atoms with Crippen LogP contribution >= 0.6 is 11.6 Å². The van der Waals surface area contributed by atoms with Crippen LogP contribution in [0.3, 0.4) is 0 Å². The van der Waals surface area contributed by atoms with E-state index in [1.54, 1.807) is 18.7 Å². The average Bonchev–Trinajstić information content (AvgIpc) is 2.74. The topological polar surface area (TPSA) is 41.8 Å². The summed E-state index contributed by atoms with van der Waals surface area (Å²) in [4.78, 5) is 0. The van der Waals surface area contributed by atoms with Crippen molar-refractivity contribution < 1.29 is 4.42 Å². The molecule has 1 N–H and O–H groups in total. The van der Waals surface area contributed by atoms with E-state index in [0.29, 0.717) is 5.88 Å². The summed E-state index contributed by atoms with van der Waals surface area (Å²) in [5, 5.41) is 6.76. The molecule has 3 nitrogen and oxygen atoms in total. The van der Waals surface area contributed by atoms with E-state index < -0.39 is 0 Å². The van der Waals surface area contributed by atoms with Crippen LogP contribution in [0.2, 0.25) is 0 Å². The Hall–Kier alpha value is -1.22. The van der Waals surface area contributed by atoms with Gasteiger partial charge in [-0.2, -0.15) is 5.10 Å². The largest absolute Gasteiger partial charge is 0.472 e. The van der Waals surface area contributed by atoms with Crippen molar-refractivity contribution in [2.45, 2.75) is 5.88 Å². The molecule has 2 heterocycles. The van der Waals surface area contributed by atoms with Gasteiger partial charge in [0.25, 0.3) is 0 Å². The van der Waals surface area contributed by atoms with Crippen molar-refractivity contribution >= 4 is 11.6 Å². The van der Waals surface area contributed by atoms with Gasteiger partial charge in [0, 0.05) is 11.1 Å². The molecule has 0 bridgehead atoms. The fourth-order valence-electron chi connectivity index (χ4n) is 1.07. The number of hydrogen-bond donors (Lipinski definition) is 1. The van der Waals surface area contributed by atoms with Crippen molar-refractivity contribution in [1.29, 1.82) is 0 Å². The molecule has 12 heavy (non-hydrogen) atoms. The molecule has 0 aromatic carbocycles. The number of hydrogen-bond acceptors (Lipinski definition) is 2. The molecule has 0 radical (unpaired) electrons. The SMILES string of the molecule is ClCc1cn[nH]c1-c1ccoc1. The summed E-state index contributed by atoms with van der Waals surface area (Å²) in [6.07, 6.45) is 4.99. The standard InChI is InChI=1S/C8H7ClN2O/c9-3-7-4-10-11-8(7)6-1-2-12-5-6/h1-2,4-5H,3H2,(H,10,11). The second kappa shape index (κ2) is 3.03. The third-order valence-electron chi connectivity index (χ3n) is 1.67. The van der Waals surface area contributed by atoms with Gasteiger partial charge in [-0.25, -0.2) is 0 Å². The molecule has 0 saturated carbocycles. The minimum absolute atomic E-state index is 0.455. The molecular formula is C8H7ClN2O. The zero-order valence-electron chi connectivity index (χ0n) is 6.25. The third-order valence-corrected chi connectivity index (χ3v) is 1.96. The highest BCUT2D eigenvalue weighted by Crippen LogP contribution is 2.22. The Labute approximate surface area is 74.3 Å². The number of H-pyrrole nitrogens is 1. The van der Waals surface area contributed by atoms with Crippen molar-refractivity contribution in [2.24, 2.45) is 0 Å². The van der Waals surface area contributed by atoms with Gasteiger partial charge >= 0.3 is 0 Å². The molecule has 0 spiro atoms. The van der Waals surface area contributed by atoms with Gasteiger partial charge < -0.3 is 4.42 Å². The first-order chi connectivity index (χ1) is 5.92. The number of nitrogens with zero attached hydrogens (tertiary/aromatic N) is 1. The van der Waals surface area contributed by atoms with E-state index in [1.165, 1.54) is 0 Å². The number of halogens is 1. The van der Waals surface area contributed by atoms with Crippen molar-refractivity contribution in [3.05, 3.63) is 30.4 Å². The normalized spacial score (nSPS) is 10.4. The molecule has 2 aromatic rings. The zero-order valence-corrected chi connectivity index (χ0v) is 7.01. The minimum Gasteiger partial charge on any atom is -0.472 e. The van der Waals surface area contributed by atoms with E-state index in [1.807, 2.05) is 6.07 Å². The Morgan fingerprint density at radius 1 is 1.58 bits per heavy atom. The molecular weight excluding hydrogens is 176 g/mol. The predicted molar refractivity (Wildman–Crippen MR) is 45.8 cm³/mol. The Morgan fingerprint density at radius 3 is 3.17 bits per heavy atom. The van der Waals surface area contributed by atoms with E-state index >= 15 is 0 Å². The van der Waals surface area contributed by atoms with E-state index in [4.69, 9.17) is 16.0 Å². The molecule has 2 rings (SSSR count). The molecule has 62 valence electrons. The lowest BCUT2D eigenvalue weighted by atomic mass is 10.2. The van der Waals surface area contributed by atoms with Crippen LogP contribution in [-0.2, 0) is 5.88 Å². The summed E-state index contributed by atoms with van der Waals surface area (Å²) in [7, 11) is 0. The molecule has 0 saturated heterocycles. The lowest BCUT2D eigenvalue weighted by Crippen LogP contribution is -1.79. The molecule has 4 heteroatoms. The summed E-state index contributed by atoms with van der Waals surface area (Å²) in [5.41, 5.74) is 2.89. The molecule has 0 unspecified atom stereocenters. The van der Waals surface area contributed by atoms with Crippen LogP contribution in [0.1, 0.15) is 5.56 Å². The first-order valence-corrected chi connectivity index (χ1v) is 4.06. The van der Waals surface area contributed by atoms with Crippen LogP contribution in [0.5, 0.6) is 0 Å². The zero-order chi connectivity index (χ0) is 8.39. The first-order valence-electron chi connectivity index (χ1n) is 3.52. The van der Waals surface area contributed by atoms with Crippen LogP contribution < -0.4 is 0 Å².